The Morgan fingerprint density at radius 2 is 2.22 bits per heavy atom. The molecule has 2 nitrogen and oxygen atoms in total. The number of hydrogen-bond donors (Lipinski definition) is 0. The summed E-state index contributed by atoms with van der Waals surface area (Å²) in [6.45, 7) is 0. The van der Waals surface area contributed by atoms with E-state index in [1.54, 1.807) is 0 Å². The quantitative estimate of drug-likeness (QED) is 0.469. The van der Waals surface area contributed by atoms with Gasteiger partial charge in [-0.05, 0) is 11.8 Å². The maximum atomic E-state index is 11.8. The molecule has 0 N–H and O–H groups in total. The molecule has 0 radical (unpaired) electrons. The Kier molecular flexibility index (Phi) is 4.35. The van der Waals surface area contributed by atoms with Crippen molar-refractivity contribution in [3.63, 3.8) is 0 Å². The van der Waals surface area contributed by atoms with Crippen molar-refractivity contribution in [3.8, 4) is 0 Å². The number of rotatable bonds is 1. The molecule has 6 heteroatoms. The first-order valence-electron chi connectivity index (χ1n) is 1.92. The molecule has 0 saturated heterocycles. The zero-order valence-electron chi connectivity index (χ0n) is 4.47. The normalized spacial score (nSPS) is 9.89. The van der Waals surface area contributed by atoms with E-state index in [-0.39, 0.29) is 5.12 Å². The molecule has 54 valence electrons. The molecule has 0 spiro atoms. The molecule has 0 saturated carbocycles. The first kappa shape index (κ1) is 9.33. The molecule has 0 aromatic rings. The Balaban J connectivity index is 3.51. The Hall–Kier alpha value is 0.330. The summed E-state index contributed by atoms with van der Waals surface area (Å²) < 4.78 is 10.9. The summed E-state index contributed by atoms with van der Waals surface area (Å²) in [7, 11) is 0.978. The lowest BCUT2D eigenvalue weighted by molar-refractivity contribution is 0.114. The second-order valence-corrected chi connectivity index (χ2v) is 3.79. The van der Waals surface area contributed by atoms with Crippen LogP contribution in [0.15, 0.2) is 0 Å². The largest absolute Gasteiger partial charge is 0.311 e. The fourth-order valence-corrected chi connectivity index (χ4v) is 0.904. The van der Waals surface area contributed by atoms with E-state index < -0.39 is 9.41 Å². The Morgan fingerprint density at radius 1 is 1.78 bits per heavy atom. The number of carbonyl (C=O) groups excluding carboxylic acids is 1. The van der Waals surface area contributed by atoms with E-state index in [9.17, 15) is 9.28 Å². The van der Waals surface area contributed by atoms with E-state index in [1.165, 1.54) is 0 Å². The van der Waals surface area contributed by atoms with Gasteiger partial charge in [0.1, 0.15) is 0 Å². The molecule has 0 aliphatic heterocycles. The van der Waals surface area contributed by atoms with E-state index in [4.69, 9.17) is 23.2 Å². The van der Waals surface area contributed by atoms with E-state index in [0.717, 1.165) is 7.05 Å². The minimum absolute atomic E-state index is 0.0809. The first-order chi connectivity index (χ1) is 4.04. The molecule has 0 heterocycles. The predicted molar refractivity (Wildman–Crippen MR) is 37.4 cm³/mol. The van der Waals surface area contributed by atoms with Crippen molar-refractivity contribution in [2.75, 3.05) is 7.05 Å². The molecule has 0 aromatic heterocycles. The van der Waals surface area contributed by atoms with Crippen LogP contribution < -0.4 is 0 Å². The summed E-state index contributed by atoms with van der Waals surface area (Å²) in [6, 6.07) is 0. The molecule has 0 unspecified atom stereocenters. The van der Waals surface area contributed by atoms with Crippen LogP contribution in [0.25, 0.3) is 0 Å². The van der Waals surface area contributed by atoms with Crippen LogP contribution >= 0.6 is 35.0 Å². The average Bonchev–Trinajstić information content (AvgIpc) is 1.63. The lowest BCUT2D eigenvalue weighted by Gasteiger charge is -2.03. The molecule has 0 aliphatic rings. The minimum atomic E-state index is -0.907. The van der Waals surface area contributed by atoms with Crippen LogP contribution in [-0.4, -0.2) is 21.6 Å². The molecular weight excluding hydrogens is 188 g/mol. The van der Waals surface area contributed by atoms with Gasteiger partial charge in [-0.1, -0.05) is 27.7 Å². The number of hydrogen-bond acceptors (Lipinski definition) is 2. The van der Waals surface area contributed by atoms with Crippen LogP contribution in [0.3, 0.4) is 0 Å². The van der Waals surface area contributed by atoms with Crippen LogP contribution in [0.4, 0.5) is 9.28 Å². The molecule has 0 aromatic carbocycles. The van der Waals surface area contributed by atoms with Crippen molar-refractivity contribution < 1.29 is 9.28 Å². The summed E-state index contributed by atoms with van der Waals surface area (Å²) in [5, 5.41) is -0.882. The van der Waals surface area contributed by atoms with Crippen molar-refractivity contribution in [3.05, 3.63) is 0 Å². The lowest BCUT2D eigenvalue weighted by Crippen LogP contribution is -2.12. The number of nitrogens with zero attached hydrogens (tertiary/aromatic N) is 1. The maximum Gasteiger partial charge on any atom is 0.311 e. The maximum absolute atomic E-state index is 11.8. The highest BCUT2D eigenvalue weighted by Gasteiger charge is 2.12. The highest BCUT2D eigenvalue weighted by Crippen LogP contribution is 2.21. The zero-order valence-corrected chi connectivity index (χ0v) is 6.80. The summed E-state index contributed by atoms with van der Waals surface area (Å²) >= 11 is 10.8. The Bertz CT molecular complexity index is 110. The van der Waals surface area contributed by atoms with Gasteiger partial charge >= 0.3 is 5.24 Å². The third-order valence-corrected chi connectivity index (χ3v) is 1.61. The van der Waals surface area contributed by atoms with Gasteiger partial charge in [0.15, 0.2) is 4.17 Å². The molecule has 0 bridgehead atoms. The van der Waals surface area contributed by atoms with Gasteiger partial charge in [-0.2, -0.15) is 5.12 Å². The molecule has 0 atom stereocenters. The highest BCUT2D eigenvalue weighted by molar-refractivity contribution is 8.15. The SMILES string of the molecule is CN(F)C(=O)SC(Cl)Cl. The molecule has 0 aliphatic carbocycles. The van der Waals surface area contributed by atoms with Gasteiger partial charge in [-0.15, -0.1) is 0 Å². The zero-order chi connectivity index (χ0) is 7.44. The Labute approximate surface area is 66.2 Å². The number of halogens is 3. The smallest absolute Gasteiger partial charge is 0.259 e. The summed E-state index contributed by atoms with van der Waals surface area (Å²) in [6.07, 6.45) is 0. The summed E-state index contributed by atoms with van der Waals surface area (Å²) in [5.74, 6) is 0. The molecule has 0 fully saturated rings. The van der Waals surface area contributed by atoms with E-state index in [2.05, 4.69) is 0 Å². The molecule has 0 rings (SSSR count). The van der Waals surface area contributed by atoms with Gasteiger partial charge in [-0.3, -0.25) is 4.79 Å². The Morgan fingerprint density at radius 3 is 2.33 bits per heavy atom. The number of carbonyl (C=O) groups is 1. The van der Waals surface area contributed by atoms with Gasteiger partial charge in [0.2, 0.25) is 0 Å². The van der Waals surface area contributed by atoms with E-state index in [1.807, 2.05) is 0 Å². The molecule has 9 heavy (non-hydrogen) atoms. The number of amides is 1. The van der Waals surface area contributed by atoms with Crippen LogP contribution in [0.1, 0.15) is 0 Å². The minimum Gasteiger partial charge on any atom is -0.259 e. The lowest BCUT2D eigenvalue weighted by atomic mass is 11.2. The predicted octanol–water partition coefficient (Wildman–Crippen LogP) is 2.42. The van der Waals surface area contributed by atoms with Crippen molar-refractivity contribution >= 4 is 40.2 Å². The van der Waals surface area contributed by atoms with E-state index >= 15 is 0 Å². The third-order valence-electron chi connectivity index (χ3n) is 0.441. The number of thioether (sulfide) groups is 1. The van der Waals surface area contributed by atoms with Crippen molar-refractivity contribution in [2.24, 2.45) is 0 Å². The summed E-state index contributed by atoms with van der Waals surface area (Å²) in [4.78, 5) is 10.3. The van der Waals surface area contributed by atoms with Crippen LogP contribution in [0, 0.1) is 0 Å². The van der Waals surface area contributed by atoms with Gasteiger partial charge in [-0.25, -0.2) is 0 Å². The fourth-order valence-electron chi connectivity index (χ4n) is 0.149. The first-order valence-corrected chi connectivity index (χ1v) is 3.67. The molecule has 1 amide bonds. The van der Waals surface area contributed by atoms with Crippen LogP contribution in [0.5, 0.6) is 0 Å². The van der Waals surface area contributed by atoms with Crippen LogP contribution in [0.2, 0.25) is 0 Å². The highest BCUT2D eigenvalue weighted by atomic mass is 35.5. The second-order valence-electron chi connectivity index (χ2n) is 1.12. The van der Waals surface area contributed by atoms with Crippen molar-refractivity contribution in [1.82, 2.24) is 5.12 Å². The van der Waals surface area contributed by atoms with E-state index in [0.29, 0.717) is 11.8 Å². The second kappa shape index (κ2) is 4.19. The average molecular weight is 192 g/mol. The summed E-state index contributed by atoms with van der Waals surface area (Å²) in [5.41, 5.74) is 0. The van der Waals surface area contributed by atoms with Gasteiger partial charge < -0.3 is 0 Å². The van der Waals surface area contributed by atoms with Crippen molar-refractivity contribution in [1.29, 1.82) is 0 Å². The van der Waals surface area contributed by atoms with Gasteiger partial charge in [0, 0.05) is 7.05 Å². The van der Waals surface area contributed by atoms with Gasteiger partial charge in [0.05, 0.1) is 0 Å². The third kappa shape index (κ3) is 4.81. The van der Waals surface area contributed by atoms with Crippen LogP contribution in [-0.2, 0) is 0 Å². The topological polar surface area (TPSA) is 20.3 Å². The fraction of sp³-hybridized carbons (Fsp3) is 0.667. The molecular formula is C3H4Cl2FNOS. The number of alkyl halides is 2. The van der Waals surface area contributed by atoms with Crippen molar-refractivity contribution in [2.45, 2.75) is 4.17 Å². The monoisotopic (exact) mass is 191 g/mol. The standard InChI is InChI=1S/C3H4Cl2FNOS/c1-7(6)3(8)9-2(4)5/h2H,1H3. The van der Waals surface area contributed by atoms with Gasteiger partial charge in [0.25, 0.3) is 0 Å².